The van der Waals surface area contributed by atoms with E-state index < -0.39 is 0 Å². The van der Waals surface area contributed by atoms with Gasteiger partial charge in [-0.05, 0) is 28.1 Å². The molecule has 0 unspecified atom stereocenters. The Hall–Kier alpha value is -1.36. The molecule has 66 valence electrons. The first-order valence-corrected chi connectivity index (χ1v) is 4.40. The lowest BCUT2D eigenvalue weighted by molar-refractivity contribution is 0.434. The lowest BCUT2D eigenvalue weighted by Gasteiger charge is -1.92. The minimum absolute atomic E-state index is 0.334. The van der Waals surface area contributed by atoms with E-state index in [2.05, 4.69) is 26.1 Å². The Kier molecular flexibility index (Phi) is 2.02. The molecule has 2 heterocycles. The third-order valence-corrected chi connectivity index (χ3v) is 2.32. The maximum absolute atomic E-state index is 5.50. The van der Waals surface area contributed by atoms with Crippen molar-refractivity contribution in [3.63, 3.8) is 0 Å². The third-order valence-electron chi connectivity index (χ3n) is 1.56. The number of nitrogens with zero attached hydrogens (tertiary/aromatic N) is 2. The average Bonchev–Trinajstić information content (AvgIpc) is 2.49. The highest BCUT2D eigenvalue weighted by molar-refractivity contribution is 9.10. The second-order valence-corrected chi connectivity index (χ2v) is 3.22. The zero-order valence-corrected chi connectivity index (χ0v) is 8.15. The van der Waals surface area contributed by atoms with Crippen molar-refractivity contribution in [1.82, 2.24) is 10.1 Å². The van der Waals surface area contributed by atoms with Crippen molar-refractivity contribution >= 4 is 21.7 Å². The summed E-state index contributed by atoms with van der Waals surface area (Å²) in [4.78, 5) is 4.10. The number of anilines is 1. The number of rotatable bonds is 1. The van der Waals surface area contributed by atoms with Crippen molar-refractivity contribution in [2.24, 2.45) is 0 Å². The standard InChI is InChI=1S/C8H6BrN3O/c9-6-7(13-12-8(6)10)5-3-1-2-4-11-5/h1-4H,(H2,10,12). The van der Waals surface area contributed by atoms with Crippen LogP contribution in [0.2, 0.25) is 0 Å². The first-order valence-electron chi connectivity index (χ1n) is 3.61. The van der Waals surface area contributed by atoms with Crippen molar-refractivity contribution < 1.29 is 4.52 Å². The first kappa shape index (κ1) is 8.25. The van der Waals surface area contributed by atoms with Crippen LogP contribution in [0.25, 0.3) is 11.5 Å². The molecule has 2 rings (SSSR count). The fourth-order valence-corrected chi connectivity index (χ4v) is 1.30. The molecule has 2 aromatic heterocycles. The normalized spacial score (nSPS) is 10.2. The summed E-state index contributed by atoms with van der Waals surface area (Å²) in [6.45, 7) is 0. The van der Waals surface area contributed by atoms with E-state index in [0.717, 1.165) is 0 Å². The summed E-state index contributed by atoms with van der Waals surface area (Å²) in [7, 11) is 0. The van der Waals surface area contributed by atoms with E-state index in [1.165, 1.54) is 0 Å². The number of halogens is 1. The van der Waals surface area contributed by atoms with Crippen molar-refractivity contribution in [2.45, 2.75) is 0 Å². The van der Waals surface area contributed by atoms with Crippen LogP contribution in [0, 0.1) is 0 Å². The van der Waals surface area contributed by atoms with Gasteiger partial charge in [-0.2, -0.15) is 0 Å². The number of nitrogens with two attached hydrogens (primary N) is 1. The van der Waals surface area contributed by atoms with Crippen LogP contribution in [0.5, 0.6) is 0 Å². The smallest absolute Gasteiger partial charge is 0.201 e. The Labute approximate surface area is 82.9 Å². The van der Waals surface area contributed by atoms with Crippen molar-refractivity contribution in [1.29, 1.82) is 0 Å². The molecule has 0 amide bonds. The topological polar surface area (TPSA) is 64.9 Å². The molecule has 4 nitrogen and oxygen atoms in total. The fourth-order valence-electron chi connectivity index (χ4n) is 0.948. The highest BCUT2D eigenvalue weighted by Gasteiger charge is 2.13. The van der Waals surface area contributed by atoms with Gasteiger partial charge in [0.05, 0.1) is 0 Å². The summed E-state index contributed by atoms with van der Waals surface area (Å²) in [5, 5.41) is 3.61. The van der Waals surface area contributed by atoms with Gasteiger partial charge in [0.1, 0.15) is 10.2 Å². The van der Waals surface area contributed by atoms with Gasteiger partial charge in [-0.3, -0.25) is 4.98 Å². The highest BCUT2D eigenvalue weighted by atomic mass is 79.9. The van der Waals surface area contributed by atoms with Crippen LogP contribution >= 0.6 is 15.9 Å². The van der Waals surface area contributed by atoms with Crippen LogP contribution in [0.3, 0.4) is 0 Å². The monoisotopic (exact) mass is 239 g/mol. The number of hydrogen-bond donors (Lipinski definition) is 1. The minimum Gasteiger partial charge on any atom is -0.380 e. The highest BCUT2D eigenvalue weighted by Crippen LogP contribution is 2.30. The second-order valence-electron chi connectivity index (χ2n) is 2.43. The Balaban J connectivity index is 2.53. The lowest BCUT2D eigenvalue weighted by atomic mass is 10.3. The average molecular weight is 240 g/mol. The maximum atomic E-state index is 5.50. The predicted octanol–water partition coefficient (Wildman–Crippen LogP) is 2.08. The molecule has 0 bridgehead atoms. The summed E-state index contributed by atoms with van der Waals surface area (Å²) in [6.07, 6.45) is 1.68. The SMILES string of the molecule is Nc1noc(-c2ccccn2)c1Br. The van der Waals surface area contributed by atoms with Gasteiger partial charge < -0.3 is 10.3 Å². The predicted molar refractivity (Wildman–Crippen MR) is 51.8 cm³/mol. The molecule has 0 radical (unpaired) electrons. The summed E-state index contributed by atoms with van der Waals surface area (Å²) >= 11 is 3.27. The van der Waals surface area contributed by atoms with E-state index in [4.69, 9.17) is 10.3 Å². The minimum atomic E-state index is 0.334. The van der Waals surface area contributed by atoms with Crippen LogP contribution in [-0.2, 0) is 0 Å². The Morgan fingerprint density at radius 1 is 1.38 bits per heavy atom. The van der Waals surface area contributed by atoms with Crippen molar-refractivity contribution in [3.05, 3.63) is 28.9 Å². The summed E-state index contributed by atoms with van der Waals surface area (Å²) in [5.41, 5.74) is 6.21. The number of nitrogen functional groups attached to an aromatic ring is 1. The van der Waals surface area contributed by atoms with E-state index in [1.807, 2.05) is 18.2 Å². The second kappa shape index (κ2) is 3.18. The largest absolute Gasteiger partial charge is 0.380 e. The Bertz CT molecular complexity index is 413. The quantitative estimate of drug-likeness (QED) is 0.828. The van der Waals surface area contributed by atoms with Crippen LogP contribution in [-0.4, -0.2) is 10.1 Å². The molecule has 2 N–H and O–H groups in total. The van der Waals surface area contributed by atoms with Gasteiger partial charge in [0.2, 0.25) is 5.76 Å². The fraction of sp³-hybridized carbons (Fsp3) is 0. The molecular formula is C8H6BrN3O. The molecule has 5 heteroatoms. The molecule has 0 fully saturated rings. The molecule has 0 atom stereocenters. The summed E-state index contributed by atoms with van der Waals surface area (Å²) < 4.78 is 5.64. The summed E-state index contributed by atoms with van der Waals surface area (Å²) in [6, 6.07) is 5.52. The van der Waals surface area contributed by atoms with Gasteiger partial charge >= 0.3 is 0 Å². The van der Waals surface area contributed by atoms with Gasteiger partial charge in [-0.25, -0.2) is 0 Å². The molecule has 0 aromatic carbocycles. The molecular weight excluding hydrogens is 234 g/mol. The third kappa shape index (κ3) is 1.42. The van der Waals surface area contributed by atoms with E-state index in [0.29, 0.717) is 21.7 Å². The molecule has 0 saturated carbocycles. The zero-order valence-electron chi connectivity index (χ0n) is 6.57. The van der Waals surface area contributed by atoms with E-state index >= 15 is 0 Å². The number of aromatic nitrogens is 2. The molecule has 0 aliphatic carbocycles. The molecule has 13 heavy (non-hydrogen) atoms. The van der Waals surface area contributed by atoms with Gasteiger partial charge in [0.25, 0.3) is 0 Å². The molecule has 0 aliphatic heterocycles. The van der Waals surface area contributed by atoms with E-state index in [1.54, 1.807) is 6.20 Å². The molecule has 0 saturated heterocycles. The van der Waals surface area contributed by atoms with Crippen LogP contribution in [0.1, 0.15) is 0 Å². The Morgan fingerprint density at radius 2 is 2.23 bits per heavy atom. The number of pyridine rings is 1. The first-order chi connectivity index (χ1) is 6.29. The maximum Gasteiger partial charge on any atom is 0.201 e. The summed E-state index contributed by atoms with van der Waals surface area (Å²) in [5.74, 6) is 0.888. The zero-order chi connectivity index (χ0) is 9.26. The van der Waals surface area contributed by atoms with Crippen LogP contribution in [0.4, 0.5) is 5.82 Å². The van der Waals surface area contributed by atoms with Gasteiger partial charge in [-0.1, -0.05) is 11.2 Å². The Morgan fingerprint density at radius 3 is 2.77 bits per heavy atom. The van der Waals surface area contributed by atoms with E-state index in [-0.39, 0.29) is 0 Å². The molecule has 2 aromatic rings. The lowest BCUT2D eigenvalue weighted by Crippen LogP contribution is -1.84. The molecule has 0 spiro atoms. The van der Waals surface area contributed by atoms with Gasteiger partial charge in [0, 0.05) is 6.20 Å². The van der Waals surface area contributed by atoms with E-state index in [9.17, 15) is 0 Å². The number of hydrogen-bond acceptors (Lipinski definition) is 4. The van der Waals surface area contributed by atoms with Crippen LogP contribution in [0.15, 0.2) is 33.4 Å². The van der Waals surface area contributed by atoms with Gasteiger partial charge in [-0.15, -0.1) is 0 Å². The van der Waals surface area contributed by atoms with Crippen LogP contribution < -0.4 is 5.73 Å². The van der Waals surface area contributed by atoms with Crippen molar-refractivity contribution in [3.8, 4) is 11.5 Å². The van der Waals surface area contributed by atoms with Gasteiger partial charge in [0.15, 0.2) is 5.82 Å². The molecule has 0 aliphatic rings. The van der Waals surface area contributed by atoms with Crippen molar-refractivity contribution in [2.75, 3.05) is 5.73 Å².